The summed E-state index contributed by atoms with van der Waals surface area (Å²) in [5, 5.41) is 8.23. The van der Waals surface area contributed by atoms with Crippen LogP contribution in [0, 0.1) is 0 Å². The van der Waals surface area contributed by atoms with Crippen LogP contribution >= 0.6 is 0 Å². The minimum absolute atomic E-state index is 0.0770. The average molecular weight is 147 g/mol. The molecule has 1 amide bonds. The molecular weight excluding hydrogens is 134 g/mol. The minimum Gasteiger partial charge on any atom is -0.394 e. The van der Waals surface area contributed by atoms with E-state index in [0.29, 0.717) is 6.42 Å². The van der Waals surface area contributed by atoms with Crippen molar-refractivity contribution in [3.63, 3.8) is 0 Å². The second-order valence-corrected chi connectivity index (χ2v) is 1.85. The quantitative estimate of drug-likeness (QED) is 0.419. The van der Waals surface area contributed by atoms with Crippen LogP contribution in [0.25, 0.3) is 0 Å². The Bertz CT molecular complexity index is 95.0. The number of rotatable bonds is 5. The van der Waals surface area contributed by atoms with E-state index >= 15 is 0 Å². The van der Waals surface area contributed by atoms with Crippen molar-refractivity contribution in [2.45, 2.75) is 19.8 Å². The fraction of sp³-hybridized carbons (Fsp3) is 0.833. The fourth-order valence-electron chi connectivity index (χ4n) is 0.455. The lowest BCUT2D eigenvalue weighted by molar-refractivity contribution is -0.134. The predicted molar refractivity (Wildman–Crippen MR) is 36.1 cm³/mol. The Balaban J connectivity index is 3.05. The van der Waals surface area contributed by atoms with Crippen molar-refractivity contribution < 1.29 is 14.7 Å². The van der Waals surface area contributed by atoms with E-state index in [1.54, 1.807) is 0 Å². The first-order valence-electron chi connectivity index (χ1n) is 3.32. The molecule has 0 rings (SSSR count). The molecule has 0 aromatic heterocycles. The summed E-state index contributed by atoms with van der Waals surface area (Å²) in [6.45, 7) is 1.98. The Labute approximate surface area is 60.1 Å². The molecule has 0 spiro atoms. The summed E-state index contributed by atoms with van der Waals surface area (Å²) in [7, 11) is 0. The van der Waals surface area contributed by atoms with E-state index in [2.05, 4.69) is 10.3 Å². The Hall–Kier alpha value is -0.610. The van der Waals surface area contributed by atoms with E-state index in [-0.39, 0.29) is 19.1 Å². The molecule has 60 valence electrons. The van der Waals surface area contributed by atoms with Gasteiger partial charge in [-0.1, -0.05) is 6.92 Å². The molecule has 4 nitrogen and oxygen atoms in total. The first-order chi connectivity index (χ1) is 4.81. The molecule has 0 heterocycles. The summed E-state index contributed by atoms with van der Waals surface area (Å²) in [5.41, 5.74) is 2.19. The van der Waals surface area contributed by atoms with Crippen LogP contribution in [0.4, 0.5) is 0 Å². The van der Waals surface area contributed by atoms with Gasteiger partial charge in [0.1, 0.15) is 0 Å². The summed E-state index contributed by atoms with van der Waals surface area (Å²) < 4.78 is 0. The van der Waals surface area contributed by atoms with E-state index in [9.17, 15) is 4.79 Å². The molecule has 0 aliphatic heterocycles. The number of aliphatic hydroxyl groups excluding tert-OH is 1. The largest absolute Gasteiger partial charge is 0.394 e. The van der Waals surface area contributed by atoms with E-state index < -0.39 is 0 Å². The number of nitrogens with one attached hydrogen (secondary N) is 1. The minimum atomic E-state index is -0.143. The Morgan fingerprint density at radius 2 is 2.40 bits per heavy atom. The average Bonchev–Trinajstić information content (AvgIpc) is 1.89. The van der Waals surface area contributed by atoms with E-state index in [1.165, 1.54) is 0 Å². The molecule has 0 atom stereocenters. The van der Waals surface area contributed by atoms with Gasteiger partial charge in [-0.05, 0) is 6.42 Å². The molecule has 2 N–H and O–H groups in total. The molecule has 0 aliphatic rings. The van der Waals surface area contributed by atoms with Crippen LogP contribution in [0.15, 0.2) is 0 Å². The van der Waals surface area contributed by atoms with Crippen molar-refractivity contribution in [2.24, 2.45) is 0 Å². The zero-order chi connectivity index (χ0) is 7.82. The Morgan fingerprint density at radius 1 is 1.70 bits per heavy atom. The Kier molecular flexibility index (Phi) is 6.11. The van der Waals surface area contributed by atoms with Crippen LogP contribution < -0.4 is 5.48 Å². The molecule has 0 saturated heterocycles. The van der Waals surface area contributed by atoms with Crippen LogP contribution in [0.2, 0.25) is 0 Å². The molecule has 0 aromatic carbocycles. The van der Waals surface area contributed by atoms with Crippen LogP contribution in [0.5, 0.6) is 0 Å². The maximum atomic E-state index is 10.6. The molecule has 0 fully saturated rings. The van der Waals surface area contributed by atoms with Gasteiger partial charge in [0.25, 0.3) is 0 Å². The lowest BCUT2D eigenvalue weighted by atomic mass is 10.3. The third-order valence-corrected chi connectivity index (χ3v) is 0.856. The smallest absolute Gasteiger partial charge is 0.243 e. The second-order valence-electron chi connectivity index (χ2n) is 1.85. The molecule has 0 unspecified atom stereocenters. The first kappa shape index (κ1) is 9.39. The van der Waals surface area contributed by atoms with Gasteiger partial charge in [0.2, 0.25) is 5.91 Å². The van der Waals surface area contributed by atoms with Crippen molar-refractivity contribution in [1.29, 1.82) is 0 Å². The van der Waals surface area contributed by atoms with E-state index in [1.807, 2.05) is 6.92 Å². The van der Waals surface area contributed by atoms with E-state index in [4.69, 9.17) is 5.11 Å². The van der Waals surface area contributed by atoms with Crippen LogP contribution in [-0.2, 0) is 9.63 Å². The highest BCUT2D eigenvalue weighted by Crippen LogP contribution is 1.84. The molecule has 4 heteroatoms. The van der Waals surface area contributed by atoms with Gasteiger partial charge in [-0.3, -0.25) is 9.63 Å². The van der Waals surface area contributed by atoms with E-state index in [0.717, 1.165) is 6.42 Å². The zero-order valence-corrected chi connectivity index (χ0v) is 6.09. The predicted octanol–water partition coefficient (Wildman–Crippen LogP) is -0.173. The van der Waals surface area contributed by atoms with Crippen molar-refractivity contribution >= 4 is 5.91 Å². The van der Waals surface area contributed by atoms with Crippen LogP contribution in [-0.4, -0.2) is 24.2 Å². The van der Waals surface area contributed by atoms with Gasteiger partial charge in [-0.15, -0.1) is 0 Å². The number of carbonyl (C=O) groups is 1. The number of carbonyl (C=O) groups excluding carboxylic acids is 1. The number of aliphatic hydroxyl groups is 1. The third kappa shape index (κ3) is 5.53. The second kappa shape index (κ2) is 6.51. The topological polar surface area (TPSA) is 58.6 Å². The summed E-state index contributed by atoms with van der Waals surface area (Å²) in [5.74, 6) is -0.143. The highest BCUT2D eigenvalue weighted by atomic mass is 16.7. The molecular formula is C6H13NO3. The van der Waals surface area contributed by atoms with Gasteiger partial charge < -0.3 is 5.11 Å². The maximum absolute atomic E-state index is 10.6. The summed E-state index contributed by atoms with van der Waals surface area (Å²) in [4.78, 5) is 15.1. The van der Waals surface area contributed by atoms with Gasteiger partial charge in [0.05, 0.1) is 13.2 Å². The van der Waals surface area contributed by atoms with Crippen molar-refractivity contribution in [3.05, 3.63) is 0 Å². The fourth-order valence-corrected chi connectivity index (χ4v) is 0.455. The van der Waals surface area contributed by atoms with Crippen LogP contribution in [0.3, 0.4) is 0 Å². The number of hydrogen-bond donors (Lipinski definition) is 2. The van der Waals surface area contributed by atoms with Gasteiger partial charge >= 0.3 is 0 Å². The summed E-state index contributed by atoms with van der Waals surface area (Å²) in [6, 6.07) is 0. The highest BCUT2D eigenvalue weighted by molar-refractivity contribution is 5.74. The van der Waals surface area contributed by atoms with Crippen molar-refractivity contribution in [3.8, 4) is 0 Å². The van der Waals surface area contributed by atoms with Gasteiger partial charge in [0.15, 0.2) is 0 Å². The Morgan fingerprint density at radius 3 is 2.90 bits per heavy atom. The lowest BCUT2D eigenvalue weighted by Gasteiger charge is -2.01. The van der Waals surface area contributed by atoms with Crippen molar-refractivity contribution in [1.82, 2.24) is 5.48 Å². The summed E-state index contributed by atoms with van der Waals surface area (Å²) in [6.07, 6.45) is 1.26. The van der Waals surface area contributed by atoms with Gasteiger partial charge in [-0.2, -0.15) is 0 Å². The molecule has 0 bridgehead atoms. The van der Waals surface area contributed by atoms with Crippen LogP contribution in [0.1, 0.15) is 19.8 Å². The molecule has 0 radical (unpaired) electrons. The number of hydrogen-bond acceptors (Lipinski definition) is 3. The zero-order valence-electron chi connectivity index (χ0n) is 6.09. The normalized spacial score (nSPS) is 9.40. The standard InChI is InChI=1S/C6H13NO3/c1-2-3-6(9)7-10-5-4-8/h8H,2-5H2,1H3,(H,7,9). The maximum Gasteiger partial charge on any atom is 0.243 e. The SMILES string of the molecule is CCCC(=O)NOCCO. The lowest BCUT2D eigenvalue weighted by Crippen LogP contribution is -2.24. The third-order valence-electron chi connectivity index (χ3n) is 0.856. The molecule has 0 aliphatic carbocycles. The molecule has 0 saturated carbocycles. The van der Waals surface area contributed by atoms with Gasteiger partial charge in [0, 0.05) is 6.42 Å². The summed E-state index contributed by atoms with van der Waals surface area (Å²) >= 11 is 0. The van der Waals surface area contributed by atoms with Gasteiger partial charge in [-0.25, -0.2) is 5.48 Å². The van der Waals surface area contributed by atoms with Crippen molar-refractivity contribution in [2.75, 3.05) is 13.2 Å². The number of amides is 1. The first-order valence-corrected chi connectivity index (χ1v) is 3.32. The monoisotopic (exact) mass is 147 g/mol. The number of hydroxylamine groups is 1. The highest BCUT2D eigenvalue weighted by Gasteiger charge is 1.96. The molecule has 0 aromatic rings. The molecule has 10 heavy (non-hydrogen) atoms.